The zero-order chi connectivity index (χ0) is 13.6. The number of nitrogens with zero attached hydrogens (tertiary/aromatic N) is 2. The quantitative estimate of drug-likeness (QED) is 0.734. The molecule has 2 unspecified atom stereocenters. The zero-order valence-electron chi connectivity index (χ0n) is 11.5. The second-order valence-corrected chi connectivity index (χ2v) is 8.82. The molecule has 0 aromatic heterocycles. The van der Waals surface area contributed by atoms with E-state index < -0.39 is 10.2 Å². The Labute approximate surface area is 121 Å². The molecule has 110 valence electrons. The first-order valence-corrected chi connectivity index (χ1v) is 9.24. The molecule has 0 spiro atoms. The minimum absolute atomic E-state index is 0.144. The van der Waals surface area contributed by atoms with Gasteiger partial charge in [-0.3, -0.25) is 0 Å². The van der Waals surface area contributed by atoms with Crippen molar-refractivity contribution in [2.75, 3.05) is 13.1 Å². The number of hydrogen-bond donors (Lipinski definition) is 0. The summed E-state index contributed by atoms with van der Waals surface area (Å²) in [4.78, 5) is 0. The van der Waals surface area contributed by atoms with Crippen LogP contribution in [0.4, 0.5) is 0 Å². The van der Waals surface area contributed by atoms with Gasteiger partial charge in [0.1, 0.15) is 0 Å². The first-order valence-electron chi connectivity index (χ1n) is 7.41. The molecule has 3 aliphatic heterocycles. The van der Waals surface area contributed by atoms with Gasteiger partial charge in [-0.25, -0.2) is 0 Å². The highest BCUT2D eigenvalue weighted by atomic mass is 35.5. The maximum atomic E-state index is 12.8. The van der Waals surface area contributed by atoms with E-state index in [0.29, 0.717) is 19.0 Å². The third-order valence-electron chi connectivity index (χ3n) is 4.94. The Morgan fingerprint density at radius 2 is 1.53 bits per heavy atom. The van der Waals surface area contributed by atoms with Crippen LogP contribution in [0.25, 0.3) is 0 Å². The maximum Gasteiger partial charge on any atom is 0.282 e. The van der Waals surface area contributed by atoms with E-state index in [1.807, 2.05) is 0 Å². The van der Waals surface area contributed by atoms with Crippen LogP contribution < -0.4 is 0 Å². The highest BCUT2D eigenvalue weighted by Crippen LogP contribution is 2.40. The number of piperidine rings is 2. The van der Waals surface area contributed by atoms with Crippen molar-refractivity contribution < 1.29 is 8.42 Å². The number of rotatable bonds is 2. The molecule has 3 aliphatic rings. The molecule has 6 heteroatoms. The molecule has 2 bridgehead atoms. The van der Waals surface area contributed by atoms with Gasteiger partial charge in [0.2, 0.25) is 0 Å². The monoisotopic (exact) mass is 306 g/mol. The van der Waals surface area contributed by atoms with E-state index in [1.54, 1.807) is 8.61 Å². The Balaban J connectivity index is 1.78. The predicted octanol–water partition coefficient (Wildman–Crippen LogP) is 2.20. The summed E-state index contributed by atoms with van der Waals surface area (Å²) in [7, 11) is -3.26. The highest BCUT2D eigenvalue weighted by Gasteiger charge is 2.48. The standard InChI is InChI=1S/C13H23ClN2O2S/c1-10-4-6-15(7-5-10)19(17,18)16-12-2-3-13(16)9-11(14)8-12/h10-13H,2-9H2,1H3. The van der Waals surface area contributed by atoms with E-state index >= 15 is 0 Å². The van der Waals surface area contributed by atoms with Gasteiger partial charge < -0.3 is 0 Å². The summed E-state index contributed by atoms with van der Waals surface area (Å²) in [6, 6.07) is 0.288. The second-order valence-electron chi connectivity index (χ2n) is 6.37. The number of alkyl halides is 1. The van der Waals surface area contributed by atoms with Gasteiger partial charge in [-0.2, -0.15) is 17.0 Å². The molecular weight excluding hydrogens is 284 g/mol. The number of hydrogen-bond acceptors (Lipinski definition) is 2. The maximum absolute atomic E-state index is 12.8. The third kappa shape index (κ3) is 2.55. The van der Waals surface area contributed by atoms with Gasteiger partial charge in [0.25, 0.3) is 10.2 Å². The van der Waals surface area contributed by atoms with Crippen LogP contribution in [0.1, 0.15) is 45.4 Å². The summed E-state index contributed by atoms with van der Waals surface area (Å²) in [5.74, 6) is 0.650. The van der Waals surface area contributed by atoms with E-state index in [9.17, 15) is 8.42 Å². The molecule has 19 heavy (non-hydrogen) atoms. The van der Waals surface area contributed by atoms with Crippen molar-refractivity contribution in [2.24, 2.45) is 5.92 Å². The van der Waals surface area contributed by atoms with Crippen molar-refractivity contribution in [1.29, 1.82) is 0 Å². The minimum atomic E-state index is -3.26. The summed E-state index contributed by atoms with van der Waals surface area (Å²) in [6.45, 7) is 3.57. The van der Waals surface area contributed by atoms with Gasteiger partial charge in [0.05, 0.1) is 0 Å². The largest absolute Gasteiger partial charge is 0.282 e. The molecule has 3 saturated heterocycles. The molecular formula is C13H23ClN2O2S. The zero-order valence-corrected chi connectivity index (χ0v) is 13.0. The van der Waals surface area contributed by atoms with E-state index in [0.717, 1.165) is 38.5 Å². The highest BCUT2D eigenvalue weighted by molar-refractivity contribution is 7.86. The van der Waals surface area contributed by atoms with E-state index in [4.69, 9.17) is 11.6 Å². The Morgan fingerprint density at radius 3 is 2.05 bits per heavy atom. The lowest BCUT2D eigenvalue weighted by Gasteiger charge is -2.40. The fraction of sp³-hybridized carbons (Fsp3) is 1.00. The first-order chi connectivity index (χ1) is 8.98. The minimum Gasteiger partial charge on any atom is -0.195 e. The Bertz CT molecular complexity index is 420. The smallest absolute Gasteiger partial charge is 0.195 e. The fourth-order valence-electron chi connectivity index (χ4n) is 3.79. The van der Waals surface area contributed by atoms with Crippen LogP contribution in [0.2, 0.25) is 0 Å². The lowest BCUT2D eigenvalue weighted by molar-refractivity contribution is 0.211. The molecule has 0 saturated carbocycles. The SMILES string of the molecule is CC1CCN(S(=O)(=O)N2C3CCC2CC(Cl)C3)CC1. The molecule has 0 aliphatic carbocycles. The van der Waals surface area contributed by atoms with Crippen molar-refractivity contribution >= 4 is 21.8 Å². The Kier molecular flexibility index (Phi) is 3.84. The third-order valence-corrected chi connectivity index (χ3v) is 7.45. The summed E-state index contributed by atoms with van der Waals surface area (Å²) in [5.41, 5.74) is 0. The Morgan fingerprint density at radius 1 is 1.00 bits per heavy atom. The molecule has 0 radical (unpaired) electrons. The summed E-state index contributed by atoms with van der Waals surface area (Å²) < 4.78 is 29.1. The lowest BCUT2D eigenvalue weighted by Crippen LogP contribution is -2.54. The van der Waals surface area contributed by atoms with Gasteiger partial charge in [0.15, 0.2) is 0 Å². The molecule has 3 rings (SSSR count). The van der Waals surface area contributed by atoms with E-state index in [1.165, 1.54) is 0 Å². The molecule has 2 atom stereocenters. The normalized spacial score (nSPS) is 38.7. The summed E-state index contributed by atoms with van der Waals surface area (Å²) >= 11 is 6.23. The fourth-order valence-corrected chi connectivity index (χ4v) is 6.28. The van der Waals surface area contributed by atoms with Crippen molar-refractivity contribution in [3.8, 4) is 0 Å². The van der Waals surface area contributed by atoms with Gasteiger partial charge in [-0.05, 0) is 44.4 Å². The van der Waals surface area contributed by atoms with Crippen LogP contribution in [-0.2, 0) is 10.2 Å². The molecule has 0 aromatic carbocycles. The van der Waals surface area contributed by atoms with Crippen LogP contribution in [0.5, 0.6) is 0 Å². The van der Waals surface area contributed by atoms with Crippen molar-refractivity contribution in [1.82, 2.24) is 8.61 Å². The molecule has 0 aromatic rings. The average molecular weight is 307 g/mol. The summed E-state index contributed by atoms with van der Waals surface area (Å²) in [5, 5.41) is 0.158. The molecule has 3 fully saturated rings. The van der Waals surface area contributed by atoms with E-state index in [2.05, 4.69) is 6.92 Å². The second kappa shape index (κ2) is 5.17. The lowest BCUT2D eigenvalue weighted by atomic mass is 10.0. The van der Waals surface area contributed by atoms with Crippen molar-refractivity contribution in [3.05, 3.63) is 0 Å². The predicted molar refractivity (Wildman–Crippen MR) is 76.4 cm³/mol. The molecule has 3 heterocycles. The average Bonchev–Trinajstić information content (AvgIpc) is 2.64. The molecule has 0 N–H and O–H groups in total. The molecule has 0 amide bonds. The molecule has 4 nitrogen and oxygen atoms in total. The summed E-state index contributed by atoms with van der Waals surface area (Å²) in [6.07, 6.45) is 5.58. The van der Waals surface area contributed by atoms with Crippen molar-refractivity contribution in [2.45, 2.75) is 62.9 Å². The van der Waals surface area contributed by atoms with Crippen LogP contribution in [0.3, 0.4) is 0 Å². The van der Waals surface area contributed by atoms with Gasteiger partial charge in [-0.1, -0.05) is 6.92 Å². The first kappa shape index (κ1) is 14.1. The Hall–Kier alpha value is 0.160. The van der Waals surface area contributed by atoms with Gasteiger partial charge in [0, 0.05) is 30.6 Å². The van der Waals surface area contributed by atoms with Crippen LogP contribution >= 0.6 is 11.6 Å². The van der Waals surface area contributed by atoms with Gasteiger partial charge in [-0.15, -0.1) is 11.6 Å². The van der Waals surface area contributed by atoms with E-state index in [-0.39, 0.29) is 17.5 Å². The van der Waals surface area contributed by atoms with Crippen LogP contribution in [0, 0.1) is 5.92 Å². The van der Waals surface area contributed by atoms with Crippen molar-refractivity contribution in [3.63, 3.8) is 0 Å². The number of halogens is 1. The topological polar surface area (TPSA) is 40.6 Å². The van der Waals surface area contributed by atoms with Gasteiger partial charge >= 0.3 is 0 Å². The van der Waals surface area contributed by atoms with Crippen LogP contribution in [0.15, 0.2) is 0 Å². The number of fused-ring (bicyclic) bond motifs is 2. The van der Waals surface area contributed by atoms with Crippen LogP contribution in [-0.4, -0.2) is 47.6 Å².